The van der Waals surface area contributed by atoms with Crippen molar-refractivity contribution in [3.05, 3.63) is 35.9 Å². The van der Waals surface area contributed by atoms with Gasteiger partial charge in [-0.1, -0.05) is 56.5 Å². The van der Waals surface area contributed by atoms with Crippen molar-refractivity contribution in [2.45, 2.75) is 64.5 Å². The highest BCUT2D eigenvalue weighted by atomic mass is 14.9. The summed E-state index contributed by atoms with van der Waals surface area (Å²) in [5, 5.41) is 3.82. The standard InChI is InChI=1S/C17H27N/c1-3-15-8-7-11-17(13-12-15)18-14(2)16-9-5-4-6-10-16/h4-6,9-10,14-15,17-18H,3,7-8,11-13H2,1-2H3. The second-order valence-corrected chi connectivity index (χ2v) is 5.78. The van der Waals surface area contributed by atoms with Gasteiger partial charge in [0.05, 0.1) is 0 Å². The van der Waals surface area contributed by atoms with Crippen LogP contribution in [-0.4, -0.2) is 6.04 Å². The van der Waals surface area contributed by atoms with Crippen LogP contribution in [0.4, 0.5) is 0 Å². The Labute approximate surface area is 112 Å². The van der Waals surface area contributed by atoms with Gasteiger partial charge in [0.1, 0.15) is 0 Å². The van der Waals surface area contributed by atoms with Gasteiger partial charge in [-0.2, -0.15) is 0 Å². The van der Waals surface area contributed by atoms with E-state index in [-0.39, 0.29) is 0 Å². The molecule has 1 saturated carbocycles. The zero-order chi connectivity index (χ0) is 12.8. The van der Waals surface area contributed by atoms with Gasteiger partial charge >= 0.3 is 0 Å². The predicted octanol–water partition coefficient (Wildman–Crippen LogP) is 4.70. The molecular weight excluding hydrogens is 218 g/mol. The van der Waals surface area contributed by atoms with E-state index in [1.807, 2.05) is 0 Å². The average Bonchev–Trinajstić information content (AvgIpc) is 2.65. The van der Waals surface area contributed by atoms with Gasteiger partial charge in [0, 0.05) is 12.1 Å². The third-order valence-corrected chi connectivity index (χ3v) is 4.45. The molecular formula is C17H27N. The first-order valence-corrected chi connectivity index (χ1v) is 7.60. The summed E-state index contributed by atoms with van der Waals surface area (Å²) in [6.07, 6.45) is 8.33. The maximum Gasteiger partial charge on any atom is 0.0294 e. The van der Waals surface area contributed by atoms with E-state index < -0.39 is 0 Å². The average molecular weight is 245 g/mol. The molecule has 0 radical (unpaired) electrons. The van der Waals surface area contributed by atoms with Gasteiger partial charge in [-0.15, -0.1) is 0 Å². The molecule has 1 heteroatoms. The zero-order valence-electron chi connectivity index (χ0n) is 11.9. The molecule has 0 amide bonds. The zero-order valence-corrected chi connectivity index (χ0v) is 11.9. The first-order valence-electron chi connectivity index (χ1n) is 7.60. The van der Waals surface area contributed by atoms with Gasteiger partial charge in [-0.25, -0.2) is 0 Å². The molecule has 0 heterocycles. The van der Waals surface area contributed by atoms with Crippen LogP contribution in [0.2, 0.25) is 0 Å². The van der Waals surface area contributed by atoms with E-state index in [9.17, 15) is 0 Å². The monoisotopic (exact) mass is 245 g/mol. The third-order valence-electron chi connectivity index (χ3n) is 4.45. The molecule has 1 aliphatic rings. The smallest absolute Gasteiger partial charge is 0.0294 e. The van der Waals surface area contributed by atoms with Crippen LogP contribution in [0.5, 0.6) is 0 Å². The van der Waals surface area contributed by atoms with Crippen molar-refractivity contribution in [2.24, 2.45) is 5.92 Å². The highest BCUT2D eigenvalue weighted by Crippen LogP contribution is 2.26. The Kier molecular flexibility index (Phi) is 5.25. The van der Waals surface area contributed by atoms with E-state index in [1.165, 1.54) is 44.1 Å². The van der Waals surface area contributed by atoms with Crippen LogP contribution < -0.4 is 5.32 Å². The number of benzene rings is 1. The molecule has 18 heavy (non-hydrogen) atoms. The van der Waals surface area contributed by atoms with Crippen LogP contribution in [0.25, 0.3) is 0 Å². The van der Waals surface area contributed by atoms with Crippen molar-refractivity contribution in [3.8, 4) is 0 Å². The molecule has 0 spiro atoms. The lowest BCUT2D eigenvalue weighted by Crippen LogP contribution is -2.31. The number of rotatable bonds is 4. The van der Waals surface area contributed by atoms with Crippen LogP contribution in [0.15, 0.2) is 30.3 Å². The number of hydrogen-bond acceptors (Lipinski definition) is 1. The summed E-state index contributed by atoms with van der Waals surface area (Å²) in [5.41, 5.74) is 1.41. The lowest BCUT2D eigenvalue weighted by atomic mass is 9.97. The van der Waals surface area contributed by atoms with E-state index in [2.05, 4.69) is 49.5 Å². The molecule has 1 aliphatic carbocycles. The van der Waals surface area contributed by atoms with Gasteiger partial charge in [0.25, 0.3) is 0 Å². The highest BCUT2D eigenvalue weighted by Gasteiger charge is 2.19. The molecule has 0 aliphatic heterocycles. The fourth-order valence-electron chi connectivity index (χ4n) is 3.14. The molecule has 0 aromatic heterocycles. The molecule has 0 saturated heterocycles. The van der Waals surface area contributed by atoms with Gasteiger partial charge in [0.15, 0.2) is 0 Å². The van der Waals surface area contributed by atoms with Crippen molar-refractivity contribution in [1.29, 1.82) is 0 Å². The quantitative estimate of drug-likeness (QED) is 0.758. The molecule has 1 nitrogen and oxygen atoms in total. The summed E-state index contributed by atoms with van der Waals surface area (Å²) in [7, 11) is 0. The van der Waals surface area contributed by atoms with Gasteiger partial charge < -0.3 is 5.32 Å². The van der Waals surface area contributed by atoms with Crippen LogP contribution in [0.1, 0.15) is 64.0 Å². The van der Waals surface area contributed by atoms with E-state index in [1.54, 1.807) is 0 Å². The highest BCUT2D eigenvalue weighted by molar-refractivity contribution is 5.18. The summed E-state index contributed by atoms with van der Waals surface area (Å²) >= 11 is 0. The topological polar surface area (TPSA) is 12.0 Å². The molecule has 100 valence electrons. The van der Waals surface area contributed by atoms with Crippen molar-refractivity contribution < 1.29 is 0 Å². The molecule has 1 aromatic rings. The molecule has 1 N–H and O–H groups in total. The van der Waals surface area contributed by atoms with Crippen LogP contribution >= 0.6 is 0 Å². The Morgan fingerprint density at radius 1 is 1.11 bits per heavy atom. The third kappa shape index (κ3) is 3.84. The van der Waals surface area contributed by atoms with E-state index >= 15 is 0 Å². The van der Waals surface area contributed by atoms with E-state index in [4.69, 9.17) is 0 Å². The van der Waals surface area contributed by atoms with Crippen molar-refractivity contribution >= 4 is 0 Å². The van der Waals surface area contributed by atoms with Crippen LogP contribution in [-0.2, 0) is 0 Å². The van der Waals surface area contributed by atoms with E-state index in [0.717, 1.165) is 12.0 Å². The Balaban J connectivity index is 1.86. The van der Waals surface area contributed by atoms with Crippen LogP contribution in [0, 0.1) is 5.92 Å². The fraction of sp³-hybridized carbons (Fsp3) is 0.647. The SMILES string of the molecule is CCC1CCCC(NC(C)c2ccccc2)CC1. The number of hydrogen-bond donors (Lipinski definition) is 1. The summed E-state index contributed by atoms with van der Waals surface area (Å²) in [4.78, 5) is 0. The molecule has 2 rings (SSSR count). The summed E-state index contributed by atoms with van der Waals surface area (Å²) < 4.78 is 0. The molecule has 0 bridgehead atoms. The minimum atomic E-state index is 0.481. The largest absolute Gasteiger partial charge is 0.307 e. The predicted molar refractivity (Wildman–Crippen MR) is 78.6 cm³/mol. The minimum Gasteiger partial charge on any atom is -0.307 e. The maximum atomic E-state index is 3.82. The summed E-state index contributed by atoms with van der Waals surface area (Å²) in [6, 6.07) is 12.0. The van der Waals surface area contributed by atoms with Crippen molar-refractivity contribution in [3.63, 3.8) is 0 Å². The van der Waals surface area contributed by atoms with Gasteiger partial charge in [-0.3, -0.25) is 0 Å². The normalized spacial score (nSPS) is 26.6. The fourth-order valence-corrected chi connectivity index (χ4v) is 3.14. The van der Waals surface area contributed by atoms with Gasteiger partial charge in [-0.05, 0) is 37.7 Å². The minimum absolute atomic E-state index is 0.481. The Bertz CT molecular complexity index is 333. The van der Waals surface area contributed by atoms with Crippen LogP contribution in [0.3, 0.4) is 0 Å². The van der Waals surface area contributed by atoms with E-state index in [0.29, 0.717) is 6.04 Å². The molecule has 1 fully saturated rings. The Morgan fingerprint density at radius 3 is 2.61 bits per heavy atom. The lowest BCUT2D eigenvalue weighted by molar-refractivity contribution is 0.400. The first kappa shape index (κ1) is 13.6. The maximum absolute atomic E-state index is 3.82. The second kappa shape index (κ2) is 6.94. The Morgan fingerprint density at radius 2 is 1.89 bits per heavy atom. The molecule has 1 aromatic carbocycles. The molecule has 3 unspecified atom stereocenters. The Hall–Kier alpha value is -0.820. The molecule has 3 atom stereocenters. The number of nitrogens with one attached hydrogen (secondary N) is 1. The van der Waals surface area contributed by atoms with Crippen molar-refractivity contribution in [2.75, 3.05) is 0 Å². The summed E-state index contributed by atoms with van der Waals surface area (Å²) in [5.74, 6) is 0.976. The first-order chi connectivity index (χ1) is 8.79. The van der Waals surface area contributed by atoms with Gasteiger partial charge in [0.2, 0.25) is 0 Å². The van der Waals surface area contributed by atoms with Crippen molar-refractivity contribution in [1.82, 2.24) is 5.32 Å². The lowest BCUT2D eigenvalue weighted by Gasteiger charge is -2.22. The second-order valence-electron chi connectivity index (χ2n) is 5.78. The summed E-state index contributed by atoms with van der Waals surface area (Å²) in [6.45, 7) is 4.63.